The zero-order valence-corrected chi connectivity index (χ0v) is 11.4. The van der Waals surface area contributed by atoms with Gasteiger partial charge in [0.25, 0.3) is 0 Å². The maximum absolute atomic E-state index is 5.54. The Morgan fingerprint density at radius 1 is 1.42 bits per heavy atom. The highest BCUT2D eigenvalue weighted by molar-refractivity contribution is 5.55. The van der Waals surface area contributed by atoms with Crippen LogP contribution in [-0.4, -0.2) is 23.2 Å². The number of hydrogen-bond acceptors (Lipinski definition) is 4. The molecule has 19 heavy (non-hydrogen) atoms. The van der Waals surface area contributed by atoms with E-state index in [2.05, 4.69) is 41.4 Å². The van der Waals surface area contributed by atoms with Crippen molar-refractivity contribution in [2.75, 3.05) is 13.1 Å². The van der Waals surface area contributed by atoms with Crippen LogP contribution in [0.2, 0.25) is 0 Å². The molecule has 4 heteroatoms. The van der Waals surface area contributed by atoms with Gasteiger partial charge in [0, 0.05) is 12.1 Å². The highest BCUT2D eigenvalue weighted by Gasteiger charge is 2.39. The van der Waals surface area contributed by atoms with Crippen LogP contribution in [0.3, 0.4) is 0 Å². The van der Waals surface area contributed by atoms with Crippen molar-refractivity contribution in [1.82, 2.24) is 15.5 Å². The van der Waals surface area contributed by atoms with Gasteiger partial charge in [0.2, 0.25) is 11.7 Å². The fourth-order valence-corrected chi connectivity index (χ4v) is 2.72. The molecule has 1 aliphatic rings. The Balaban J connectivity index is 1.95. The van der Waals surface area contributed by atoms with Crippen LogP contribution in [-0.2, 0) is 5.41 Å². The topological polar surface area (TPSA) is 51.0 Å². The van der Waals surface area contributed by atoms with Gasteiger partial charge < -0.3 is 9.84 Å². The molecule has 1 aromatic heterocycles. The Labute approximate surface area is 113 Å². The van der Waals surface area contributed by atoms with Gasteiger partial charge in [-0.3, -0.25) is 0 Å². The Kier molecular flexibility index (Phi) is 3.11. The lowest BCUT2D eigenvalue weighted by Crippen LogP contribution is -2.28. The van der Waals surface area contributed by atoms with E-state index in [-0.39, 0.29) is 5.41 Å². The molecule has 1 aliphatic heterocycles. The summed E-state index contributed by atoms with van der Waals surface area (Å²) in [7, 11) is 0. The number of nitrogens with one attached hydrogen (secondary N) is 1. The van der Waals surface area contributed by atoms with E-state index in [0.717, 1.165) is 37.4 Å². The van der Waals surface area contributed by atoms with Gasteiger partial charge >= 0.3 is 0 Å². The van der Waals surface area contributed by atoms with Gasteiger partial charge in [-0.15, -0.1) is 0 Å². The summed E-state index contributed by atoms with van der Waals surface area (Å²) in [5.41, 5.74) is 2.25. The number of aromatic nitrogens is 2. The first kappa shape index (κ1) is 12.4. The summed E-state index contributed by atoms with van der Waals surface area (Å²) in [4.78, 5) is 4.63. The molecule has 4 nitrogen and oxygen atoms in total. The van der Waals surface area contributed by atoms with E-state index in [0.29, 0.717) is 5.82 Å². The maximum atomic E-state index is 5.54. The molecule has 1 atom stereocenters. The van der Waals surface area contributed by atoms with Crippen LogP contribution < -0.4 is 5.32 Å². The van der Waals surface area contributed by atoms with Crippen LogP contribution in [0.5, 0.6) is 0 Å². The highest BCUT2D eigenvalue weighted by Crippen LogP contribution is 2.33. The van der Waals surface area contributed by atoms with Gasteiger partial charge in [-0.2, -0.15) is 4.98 Å². The molecule has 1 aromatic carbocycles. The molecule has 0 amide bonds. The molecular weight excluding hydrogens is 238 g/mol. The average molecular weight is 257 g/mol. The fraction of sp³-hybridized carbons (Fsp3) is 0.467. The molecule has 3 rings (SSSR count). The second kappa shape index (κ2) is 4.78. The minimum atomic E-state index is 0.0229. The predicted molar refractivity (Wildman–Crippen MR) is 73.9 cm³/mol. The van der Waals surface area contributed by atoms with Gasteiger partial charge in [0.05, 0.1) is 5.41 Å². The molecule has 0 radical (unpaired) electrons. The Bertz CT molecular complexity index is 570. The molecule has 0 aliphatic carbocycles. The number of aryl methyl sites for hydroxylation is 1. The Morgan fingerprint density at radius 3 is 3.00 bits per heavy atom. The first-order chi connectivity index (χ1) is 9.23. The third kappa shape index (κ3) is 2.16. The van der Waals surface area contributed by atoms with Crippen LogP contribution in [0.1, 0.15) is 31.2 Å². The lowest BCUT2D eigenvalue weighted by Gasteiger charge is -2.20. The molecule has 1 N–H and O–H groups in total. The Hall–Kier alpha value is -1.68. The zero-order chi connectivity index (χ0) is 13.3. The molecule has 0 spiro atoms. The average Bonchev–Trinajstić information content (AvgIpc) is 3.08. The molecular formula is C15H19N3O. The maximum Gasteiger partial charge on any atom is 0.234 e. The molecule has 2 heterocycles. The van der Waals surface area contributed by atoms with Crippen molar-refractivity contribution in [3.05, 3.63) is 35.7 Å². The largest absolute Gasteiger partial charge is 0.338 e. The summed E-state index contributed by atoms with van der Waals surface area (Å²) in [6, 6.07) is 8.19. The minimum Gasteiger partial charge on any atom is -0.338 e. The first-order valence-electron chi connectivity index (χ1n) is 6.85. The summed E-state index contributed by atoms with van der Waals surface area (Å²) in [5, 5.41) is 7.54. The van der Waals surface area contributed by atoms with Gasteiger partial charge in [0.15, 0.2) is 0 Å². The van der Waals surface area contributed by atoms with Crippen LogP contribution in [0, 0.1) is 6.92 Å². The van der Waals surface area contributed by atoms with E-state index in [1.54, 1.807) is 0 Å². The van der Waals surface area contributed by atoms with Crippen molar-refractivity contribution in [2.45, 2.75) is 32.1 Å². The number of rotatable bonds is 3. The monoisotopic (exact) mass is 257 g/mol. The molecule has 1 saturated heterocycles. The van der Waals surface area contributed by atoms with E-state index in [9.17, 15) is 0 Å². The molecule has 2 aromatic rings. The SMILES string of the molecule is CCC1(c2nc(-c3cccc(C)c3)no2)CCNC1. The summed E-state index contributed by atoms with van der Waals surface area (Å²) < 4.78 is 5.54. The molecule has 1 unspecified atom stereocenters. The minimum absolute atomic E-state index is 0.0229. The third-order valence-corrected chi connectivity index (χ3v) is 4.08. The standard InChI is InChI=1S/C15H19N3O/c1-3-15(7-8-16-10-15)14-17-13(18-19-14)12-6-4-5-11(2)9-12/h4-6,9,16H,3,7-8,10H2,1-2H3. The normalized spacial score (nSPS) is 22.8. The molecule has 1 fully saturated rings. The van der Waals surface area contributed by atoms with E-state index >= 15 is 0 Å². The first-order valence-corrected chi connectivity index (χ1v) is 6.85. The number of hydrogen-bond donors (Lipinski definition) is 1. The zero-order valence-electron chi connectivity index (χ0n) is 11.4. The highest BCUT2D eigenvalue weighted by atomic mass is 16.5. The van der Waals surface area contributed by atoms with Crippen molar-refractivity contribution in [1.29, 1.82) is 0 Å². The van der Waals surface area contributed by atoms with E-state index in [1.807, 2.05) is 12.1 Å². The van der Waals surface area contributed by atoms with Gasteiger partial charge in [0.1, 0.15) is 0 Å². The van der Waals surface area contributed by atoms with Crippen molar-refractivity contribution in [3.8, 4) is 11.4 Å². The summed E-state index contributed by atoms with van der Waals surface area (Å²) in [6.45, 7) is 6.21. The van der Waals surface area contributed by atoms with E-state index in [4.69, 9.17) is 4.52 Å². The van der Waals surface area contributed by atoms with Crippen molar-refractivity contribution < 1.29 is 4.52 Å². The fourth-order valence-electron chi connectivity index (χ4n) is 2.72. The van der Waals surface area contributed by atoms with Crippen LogP contribution in [0.15, 0.2) is 28.8 Å². The van der Waals surface area contributed by atoms with Crippen molar-refractivity contribution in [3.63, 3.8) is 0 Å². The predicted octanol–water partition coefficient (Wildman–Crippen LogP) is 2.69. The van der Waals surface area contributed by atoms with Crippen molar-refractivity contribution >= 4 is 0 Å². The van der Waals surface area contributed by atoms with Crippen LogP contribution >= 0.6 is 0 Å². The van der Waals surface area contributed by atoms with Gasteiger partial charge in [-0.25, -0.2) is 0 Å². The second-order valence-electron chi connectivity index (χ2n) is 5.35. The summed E-state index contributed by atoms with van der Waals surface area (Å²) in [6.07, 6.45) is 2.09. The summed E-state index contributed by atoms with van der Waals surface area (Å²) >= 11 is 0. The van der Waals surface area contributed by atoms with Gasteiger partial charge in [-0.05, 0) is 32.4 Å². The summed E-state index contributed by atoms with van der Waals surface area (Å²) in [5.74, 6) is 1.47. The van der Waals surface area contributed by atoms with E-state index in [1.165, 1.54) is 5.56 Å². The second-order valence-corrected chi connectivity index (χ2v) is 5.35. The van der Waals surface area contributed by atoms with Crippen LogP contribution in [0.4, 0.5) is 0 Å². The van der Waals surface area contributed by atoms with Crippen molar-refractivity contribution in [2.24, 2.45) is 0 Å². The molecule has 0 bridgehead atoms. The third-order valence-electron chi connectivity index (χ3n) is 4.08. The smallest absolute Gasteiger partial charge is 0.234 e. The molecule has 0 saturated carbocycles. The lowest BCUT2D eigenvalue weighted by molar-refractivity contribution is 0.285. The van der Waals surface area contributed by atoms with Gasteiger partial charge in [-0.1, -0.05) is 35.8 Å². The van der Waals surface area contributed by atoms with E-state index < -0.39 is 0 Å². The quantitative estimate of drug-likeness (QED) is 0.918. The number of nitrogens with zero attached hydrogens (tertiary/aromatic N) is 2. The molecule has 100 valence electrons. The number of benzene rings is 1. The lowest BCUT2D eigenvalue weighted by atomic mass is 9.84. The Morgan fingerprint density at radius 2 is 2.32 bits per heavy atom. The van der Waals surface area contributed by atoms with Crippen LogP contribution in [0.25, 0.3) is 11.4 Å².